The van der Waals surface area contributed by atoms with Crippen LogP contribution < -0.4 is 19.7 Å². The van der Waals surface area contributed by atoms with Crippen LogP contribution in [0.4, 0.5) is 5.13 Å². The molecule has 2 aromatic heterocycles. The van der Waals surface area contributed by atoms with E-state index >= 15 is 0 Å². The van der Waals surface area contributed by atoms with E-state index in [9.17, 15) is 0 Å². The summed E-state index contributed by atoms with van der Waals surface area (Å²) in [5.41, 5.74) is 2.24. The summed E-state index contributed by atoms with van der Waals surface area (Å²) >= 11 is 1.65. The number of hydrogen-bond acceptors (Lipinski definition) is 8. The van der Waals surface area contributed by atoms with Crippen molar-refractivity contribution in [2.75, 3.05) is 51.8 Å². The Hall–Kier alpha value is -2.62. The molecule has 32 heavy (non-hydrogen) atoms. The first-order valence-corrected chi connectivity index (χ1v) is 11.9. The Morgan fingerprint density at radius 2 is 1.81 bits per heavy atom. The molecule has 1 N–H and O–H groups in total. The number of methoxy groups -OCH3 is 2. The topological polar surface area (TPSA) is 67.7 Å². The number of rotatable bonds is 10. The predicted molar refractivity (Wildman–Crippen MR) is 128 cm³/mol. The van der Waals surface area contributed by atoms with Crippen molar-refractivity contribution in [3.8, 4) is 16.6 Å². The summed E-state index contributed by atoms with van der Waals surface area (Å²) < 4.78 is 12.9. The molecule has 3 heterocycles. The van der Waals surface area contributed by atoms with Gasteiger partial charge < -0.3 is 19.7 Å². The second-order valence-corrected chi connectivity index (χ2v) is 8.78. The lowest BCUT2D eigenvalue weighted by atomic mass is 10.2. The molecule has 9 heteroatoms. The van der Waals surface area contributed by atoms with Crippen molar-refractivity contribution in [1.82, 2.24) is 25.0 Å². The summed E-state index contributed by atoms with van der Waals surface area (Å²) in [6.45, 7) is 9.04. The zero-order valence-electron chi connectivity index (χ0n) is 19.1. The Balaban J connectivity index is 1.36. The number of nitrogens with zero attached hydrogens (tertiary/aromatic N) is 5. The van der Waals surface area contributed by atoms with Crippen molar-refractivity contribution in [1.29, 1.82) is 0 Å². The molecule has 1 saturated heterocycles. The lowest BCUT2D eigenvalue weighted by Crippen LogP contribution is -2.46. The molecule has 1 aliphatic rings. The van der Waals surface area contributed by atoms with Gasteiger partial charge in [0.15, 0.2) is 0 Å². The maximum Gasteiger partial charge on any atom is 0.218 e. The second kappa shape index (κ2) is 10.8. The SMILES string of the molecule is CCCN1CCN(c2nnc(-n3cccc3CNCc3ccc(OC)cc3OC)s2)CC1. The van der Waals surface area contributed by atoms with Crippen LogP contribution in [-0.4, -0.2) is 66.6 Å². The third kappa shape index (κ3) is 5.23. The molecule has 1 aromatic carbocycles. The van der Waals surface area contributed by atoms with Gasteiger partial charge in [-0.25, -0.2) is 0 Å². The summed E-state index contributed by atoms with van der Waals surface area (Å²) in [5, 5.41) is 14.4. The molecule has 0 radical (unpaired) electrons. The summed E-state index contributed by atoms with van der Waals surface area (Å²) in [5.74, 6) is 1.61. The lowest BCUT2D eigenvalue weighted by Gasteiger charge is -2.33. The van der Waals surface area contributed by atoms with E-state index in [0.717, 1.165) is 59.2 Å². The van der Waals surface area contributed by atoms with Gasteiger partial charge in [0.05, 0.1) is 14.2 Å². The van der Waals surface area contributed by atoms with Gasteiger partial charge in [-0.3, -0.25) is 9.47 Å². The molecule has 3 aromatic rings. The molecule has 172 valence electrons. The van der Waals surface area contributed by atoms with Gasteiger partial charge >= 0.3 is 0 Å². The number of hydrogen-bond donors (Lipinski definition) is 1. The van der Waals surface area contributed by atoms with E-state index in [2.05, 4.69) is 55.1 Å². The first-order valence-electron chi connectivity index (χ1n) is 11.1. The standard InChI is InChI=1S/C23H32N6O2S/c1-4-9-27-11-13-28(14-12-27)22-25-26-23(32-22)29-10-5-6-19(29)17-24-16-18-7-8-20(30-2)15-21(18)31-3/h5-8,10,15,24H,4,9,11-14,16-17H2,1-3H3. The highest BCUT2D eigenvalue weighted by Crippen LogP contribution is 2.26. The van der Waals surface area contributed by atoms with Gasteiger partial charge in [-0.15, -0.1) is 10.2 Å². The molecule has 1 aliphatic heterocycles. The minimum atomic E-state index is 0.696. The maximum absolute atomic E-state index is 5.50. The van der Waals surface area contributed by atoms with E-state index in [1.165, 1.54) is 13.0 Å². The molecule has 0 saturated carbocycles. The minimum Gasteiger partial charge on any atom is -0.497 e. The average Bonchev–Trinajstić information content (AvgIpc) is 3.49. The monoisotopic (exact) mass is 456 g/mol. The van der Waals surface area contributed by atoms with Crippen LogP contribution in [0.5, 0.6) is 11.5 Å². The third-order valence-corrected chi connectivity index (χ3v) is 6.72. The lowest BCUT2D eigenvalue weighted by molar-refractivity contribution is 0.258. The molecule has 0 amide bonds. The number of anilines is 1. The van der Waals surface area contributed by atoms with Gasteiger partial charge in [-0.1, -0.05) is 24.3 Å². The molecule has 0 aliphatic carbocycles. The van der Waals surface area contributed by atoms with Crippen LogP contribution in [0.3, 0.4) is 0 Å². The van der Waals surface area contributed by atoms with Crippen LogP contribution in [0.1, 0.15) is 24.6 Å². The Labute approximate surface area is 193 Å². The van der Waals surface area contributed by atoms with Crippen LogP contribution in [-0.2, 0) is 13.1 Å². The largest absolute Gasteiger partial charge is 0.497 e. The van der Waals surface area contributed by atoms with Gasteiger partial charge in [-0.05, 0) is 31.2 Å². The molecule has 0 unspecified atom stereocenters. The highest BCUT2D eigenvalue weighted by atomic mass is 32.1. The van der Waals surface area contributed by atoms with Crippen molar-refractivity contribution >= 4 is 16.5 Å². The van der Waals surface area contributed by atoms with Crippen molar-refractivity contribution in [3.63, 3.8) is 0 Å². The Kier molecular flexibility index (Phi) is 7.62. The zero-order chi connectivity index (χ0) is 22.3. The number of piperazine rings is 1. The smallest absolute Gasteiger partial charge is 0.218 e. The molecule has 4 rings (SSSR count). The fourth-order valence-electron chi connectivity index (χ4n) is 3.98. The van der Waals surface area contributed by atoms with E-state index < -0.39 is 0 Å². The summed E-state index contributed by atoms with van der Waals surface area (Å²) in [7, 11) is 3.34. The molecule has 8 nitrogen and oxygen atoms in total. The molecule has 0 bridgehead atoms. The van der Waals surface area contributed by atoms with Crippen molar-refractivity contribution < 1.29 is 9.47 Å². The first-order chi connectivity index (χ1) is 15.7. The Morgan fingerprint density at radius 1 is 1.00 bits per heavy atom. The second-order valence-electron chi connectivity index (χ2n) is 7.85. The number of aromatic nitrogens is 3. The van der Waals surface area contributed by atoms with Crippen molar-refractivity contribution in [2.45, 2.75) is 26.4 Å². The van der Waals surface area contributed by atoms with E-state index in [0.29, 0.717) is 13.1 Å². The minimum absolute atomic E-state index is 0.696. The fourth-order valence-corrected chi connectivity index (χ4v) is 4.90. The molecular weight excluding hydrogens is 424 g/mol. The zero-order valence-corrected chi connectivity index (χ0v) is 19.9. The highest BCUT2D eigenvalue weighted by Gasteiger charge is 2.20. The molecule has 1 fully saturated rings. The average molecular weight is 457 g/mol. The van der Waals surface area contributed by atoms with Crippen LogP contribution in [0, 0.1) is 0 Å². The Bertz CT molecular complexity index is 996. The summed E-state index contributed by atoms with van der Waals surface area (Å²) in [4.78, 5) is 4.87. The van der Waals surface area contributed by atoms with Crippen molar-refractivity contribution in [3.05, 3.63) is 47.8 Å². The van der Waals surface area contributed by atoms with Gasteiger partial charge in [0.1, 0.15) is 11.5 Å². The summed E-state index contributed by atoms with van der Waals surface area (Å²) in [6, 6.07) is 10.1. The fraction of sp³-hybridized carbons (Fsp3) is 0.478. The van der Waals surface area contributed by atoms with E-state index in [1.807, 2.05) is 18.2 Å². The number of ether oxygens (including phenoxy) is 2. The van der Waals surface area contributed by atoms with E-state index in [-0.39, 0.29) is 0 Å². The predicted octanol–water partition coefficient (Wildman–Crippen LogP) is 3.17. The molecule has 0 atom stereocenters. The van der Waals surface area contributed by atoms with Gasteiger partial charge in [0.2, 0.25) is 10.3 Å². The van der Waals surface area contributed by atoms with Gasteiger partial charge in [0, 0.05) is 62.8 Å². The van der Waals surface area contributed by atoms with Gasteiger partial charge in [0.25, 0.3) is 0 Å². The van der Waals surface area contributed by atoms with Crippen LogP contribution in [0.2, 0.25) is 0 Å². The summed E-state index contributed by atoms with van der Waals surface area (Å²) in [6.07, 6.45) is 3.26. The maximum atomic E-state index is 5.50. The number of nitrogens with one attached hydrogen (secondary N) is 1. The molecular formula is C23H32N6O2S. The van der Waals surface area contributed by atoms with E-state index in [4.69, 9.17) is 9.47 Å². The van der Waals surface area contributed by atoms with Gasteiger partial charge in [-0.2, -0.15) is 0 Å². The van der Waals surface area contributed by atoms with Crippen LogP contribution in [0.25, 0.3) is 5.13 Å². The van der Waals surface area contributed by atoms with E-state index in [1.54, 1.807) is 25.6 Å². The quantitative estimate of drug-likeness (QED) is 0.503. The van der Waals surface area contributed by atoms with Crippen LogP contribution >= 0.6 is 11.3 Å². The van der Waals surface area contributed by atoms with Crippen LogP contribution in [0.15, 0.2) is 36.5 Å². The molecule has 0 spiro atoms. The number of benzene rings is 1. The Morgan fingerprint density at radius 3 is 2.56 bits per heavy atom. The van der Waals surface area contributed by atoms with Crippen molar-refractivity contribution in [2.24, 2.45) is 0 Å². The highest BCUT2D eigenvalue weighted by molar-refractivity contribution is 7.17. The third-order valence-electron chi connectivity index (χ3n) is 5.74. The normalized spacial score (nSPS) is 14.7. The first kappa shape index (κ1) is 22.6.